The summed E-state index contributed by atoms with van der Waals surface area (Å²) < 4.78 is 0. The minimum atomic E-state index is -0.414. The molecule has 0 radical (unpaired) electrons. The molecule has 0 saturated heterocycles. The summed E-state index contributed by atoms with van der Waals surface area (Å²) in [5.41, 5.74) is 0. The Morgan fingerprint density at radius 1 is 1.36 bits per heavy atom. The van der Waals surface area contributed by atoms with Crippen molar-refractivity contribution >= 4 is 12.2 Å². The maximum absolute atomic E-state index is 11.6. The van der Waals surface area contributed by atoms with Crippen molar-refractivity contribution in [2.45, 2.75) is 39.8 Å². The second-order valence-electron chi connectivity index (χ2n) is 3.71. The summed E-state index contributed by atoms with van der Waals surface area (Å²) in [5.74, 6) is 0.107. The zero-order valence-electron chi connectivity index (χ0n) is 9.33. The summed E-state index contributed by atoms with van der Waals surface area (Å²) in [6.07, 6.45) is 0.723. The fourth-order valence-electron chi connectivity index (χ4n) is 1.20. The van der Waals surface area contributed by atoms with Crippen molar-refractivity contribution in [1.29, 1.82) is 0 Å². The number of likely N-dealkylation sites (N-methyl/N-ethyl adjacent to an activating group) is 1. The van der Waals surface area contributed by atoms with E-state index in [0.29, 0.717) is 0 Å². The molecular weight excluding hydrogens is 180 g/mol. The lowest BCUT2D eigenvalue weighted by Crippen LogP contribution is -2.50. The van der Waals surface area contributed by atoms with E-state index in [1.54, 1.807) is 6.92 Å². The van der Waals surface area contributed by atoms with Gasteiger partial charge in [0.2, 0.25) is 5.91 Å². The first-order chi connectivity index (χ1) is 6.52. The molecule has 0 aromatic heterocycles. The lowest BCUT2D eigenvalue weighted by atomic mass is 10.0. The van der Waals surface area contributed by atoms with Crippen molar-refractivity contribution in [3.8, 4) is 0 Å². The molecule has 0 aliphatic rings. The van der Waals surface area contributed by atoms with E-state index in [9.17, 15) is 9.59 Å². The number of amides is 1. The highest BCUT2D eigenvalue weighted by Gasteiger charge is 2.21. The van der Waals surface area contributed by atoms with E-state index in [1.807, 2.05) is 20.8 Å². The SMILES string of the molecule is CCN[C@H](C(=O)N[C@@H](C)C=O)C(C)C. The van der Waals surface area contributed by atoms with Crippen LogP contribution in [0.5, 0.6) is 0 Å². The molecule has 0 rings (SSSR count). The van der Waals surface area contributed by atoms with Crippen LogP contribution >= 0.6 is 0 Å². The Balaban J connectivity index is 4.21. The summed E-state index contributed by atoms with van der Waals surface area (Å²) in [5, 5.41) is 5.71. The maximum Gasteiger partial charge on any atom is 0.237 e. The standard InChI is InChI=1S/C10H20N2O2/c1-5-11-9(7(2)3)10(14)12-8(4)6-13/h6-9,11H,5H2,1-4H3,(H,12,14)/t8-,9-/m0/s1. The summed E-state index contributed by atoms with van der Waals surface area (Å²) in [6, 6.07) is -0.634. The van der Waals surface area contributed by atoms with E-state index in [2.05, 4.69) is 10.6 Å². The molecule has 0 aromatic carbocycles. The second kappa shape index (κ2) is 6.54. The number of nitrogens with one attached hydrogen (secondary N) is 2. The van der Waals surface area contributed by atoms with Crippen molar-refractivity contribution in [3.63, 3.8) is 0 Å². The van der Waals surface area contributed by atoms with Crippen LogP contribution in [0.4, 0.5) is 0 Å². The molecule has 4 nitrogen and oxygen atoms in total. The average molecular weight is 200 g/mol. The van der Waals surface area contributed by atoms with Gasteiger partial charge in [0, 0.05) is 0 Å². The fourth-order valence-corrected chi connectivity index (χ4v) is 1.20. The quantitative estimate of drug-likeness (QED) is 0.607. The minimum Gasteiger partial charge on any atom is -0.346 e. The van der Waals surface area contributed by atoms with Gasteiger partial charge >= 0.3 is 0 Å². The minimum absolute atomic E-state index is 0.110. The Hall–Kier alpha value is -0.900. The molecule has 0 aromatic rings. The third-order valence-corrected chi connectivity index (χ3v) is 1.95. The third-order valence-electron chi connectivity index (χ3n) is 1.95. The van der Waals surface area contributed by atoms with Crippen LogP contribution in [0.2, 0.25) is 0 Å². The first-order valence-electron chi connectivity index (χ1n) is 5.02. The van der Waals surface area contributed by atoms with Crippen molar-refractivity contribution < 1.29 is 9.59 Å². The number of carbonyl (C=O) groups is 2. The highest BCUT2D eigenvalue weighted by molar-refractivity contribution is 5.84. The molecule has 0 saturated carbocycles. The van der Waals surface area contributed by atoms with Gasteiger partial charge in [-0.25, -0.2) is 0 Å². The second-order valence-corrected chi connectivity index (χ2v) is 3.71. The lowest BCUT2D eigenvalue weighted by Gasteiger charge is -2.21. The number of aldehydes is 1. The number of carbonyl (C=O) groups excluding carboxylic acids is 2. The molecule has 0 bridgehead atoms. The van der Waals surface area contributed by atoms with Crippen LogP contribution in [-0.2, 0) is 9.59 Å². The monoisotopic (exact) mass is 200 g/mol. The van der Waals surface area contributed by atoms with E-state index in [-0.39, 0.29) is 17.9 Å². The molecule has 0 fully saturated rings. The van der Waals surface area contributed by atoms with Gasteiger partial charge in [-0.1, -0.05) is 20.8 Å². The van der Waals surface area contributed by atoms with Crippen molar-refractivity contribution in [3.05, 3.63) is 0 Å². The number of hydrogen-bond acceptors (Lipinski definition) is 3. The van der Waals surface area contributed by atoms with Crippen LogP contribution in [0, 0.1) is 5.92 Å². The van der Waals surface area contributed by atoms with Gasteiger partial charge < -0.3 is 15.4 Å². The molecule has 0 heterocycles. The number of hydrogen-bond donors (Lipinski definition) is 2. The van der Waals surface area contributed by atoms with E-state index >= 15 is 0 Å². The van der Waals surface area contributed by atoms with E-state index in [4.69, 9.17) is 0 Å². The van der Waals surface area contributed by atoms with Crippen LogP contribution in [-0.4, -0.2) is 30.8 Å². The third kappa shape index (κ3) is 4.37. The summed E-state index contributed by atoms with van der Waals surface area (Å²) in [4.78, 5) is 22.0. The molecule has 2 N–H and O–H groups in total. The van der Waals surface area contributed by atoms with Crippen LogP contribution in [0.1, 0.15) is 27.7 Å². The topological polar surface area (TPSA) is 58.2 Å². The van der Waals surface area contributed by atoms with E-state index < -0.39 is 6.04 Å². The molecule has 0 spiro atoms. The van der Waals surface area contributed by atoms with Crippen molar-refractivity contribution in [1.82, 2.24) is 10.6 Å². The van der Waals surface area contributed by atoms with Gasteiger partial charge in [-0.15, -0.1) is 0 Å². The zero-order chi connectivity index (χ0) is 11.1. The average Bonchev–Trinajstić information content (AvgIpc) is 2.13. The fraction of sp³-hybridized carbons (Fsp3) is 0.800. The smallest absolute Gasteiger partial charge is 0.237 e. The highest BCUT2D eigenvalue weighted by atomic mass is 16.2. The lowest BCUT2D eigenvalue weighted by molar-refractivity contribution is -0.126. The van der Waals surface area contributed by atoms with Crippen LogP contribution < -0.4 is 10.6 Å². The molecule has 0 aliphatic carbocycles. The number of rotatable bonds is 6. The van der Waals surface area contributed by atoms with Gasteiger partial charge in [-0.05, 0) is 19.4 Å². The molecule has 2 atom stereocenters. The predicted molar refractivity (Wildman–Crippen MR) is 56.0 cm³/mol. The summed E-state index contributed by atoms with van der Waals surface area (Å²) in [6.45, 7) is 8.29. The van der Waals surface area contributed by atoms with Gasteiger partial charge in [-0.3, -0.25) is 4.79 Å². The van der Waals surface area contributed by atoms with Crippen molar-refractivity contribution in [2.75, 3.05) is 6.54 Å². The first kappa shape index (κ1) is 13.1. The molecular formula is C10H20N2O2. The zero-order valence-corrected chi connectivity index (χ0v) is 9.33. The van der Waals surface area contributed by atoms with Crippen LogP contribution in [0.3, 0.4) is 0 Å². The van der Waals surface area contributed by atoms with Crippen LogP contribution in [0.25, 0.3) is 0 Å². The molecule has 1 amide bonds. The Morgan fingerprint density at radius 3 is 2.29 bits per heavy atom. The predicted octanol–water partition coefficient (Wildman–Crippen LogP) is 0.324. The maximum atomic E-state index is 11.6. The van der Waals surface area contributed by atoms with Gasteiger partial charge in [-0.2, -0.15) is 0 Å². The largest absolute Gasteiger partial charge is 0.346 e. The van der Waals surface area contributed by atoms with Gasteiger partial charge in [0.25, 0.3) is 0 Å². The molecule has 4 heteroatoms. The van der Waals surface area contributed by atoms with Gasteiger partial charge in [0.05, 0.1) is 12.1 Å². The van der Waals surface area contributed by atoms with Gasteiger partial charge in [0.15, 0.2) is 0 Å². The highest BCUT2D eigenvalue weighted by Crippen LogP contribution is 2.01. The first-order valence-corrected chi connectivity index (χ1v) is 5.02. The Labute approximate surface area is 85.4 Å². The normalized spacial score (nSPS) is 14.9. The Kier molecular flexibility index (Phi) is 6.12. The summed E-state index contributed by atoms with van der Waals surface area (Å²) >= 11 is 0. The van der Waals surface area contributed by atoms with E-state index in [1.165, 1.54) is 0 Å². The summed E-state index contributed by atoms with van der Waals surface area (Å²) in [7, 11) is 0. The Morgan fingerprint density at radius 2 is 1.93 bits per heavy atom. The van der Waals surface area contributed by atoms with Crippen molar-refractivity contribution in [2.24, 2.45) is 5.92 Å². The molecule has 82 valence electrons. The molecule has 0 unspecified atom stereocenters. The van der Waals surface area contributed by atoms with Gasteiger partial charge in [0.1, 0.15) is 6.29 Å². The Bertz CT molecular complexity index is 193. The molecule has 14 heavy (non-hydrogen) atoms. The van der Waals surface area contributed by atoms with Crippen LogP contribution in [0.15, 0.2) is 0 Å². The molecule has 0 aliphatic heterocycles. The van der Waals surface area contributed by atoms with E-state index in [0.717, 1.165) is 12.8 Å².